The van der Waals surface area contributed by atoms with Crippen LogP contribution in [0.4, 0.5) is 0 Å². The summed E-state index contributed by atoms with van der Waals surface area (Å²) in [7, 11) is -3.75. The number of rotatable bonds is 6. The van der Waals surface area contributed by atoms with Gasteiger partial charge >= 0.3 is 0 Å². The summed E-state index contributed by atoms with van der Waals surface area (Å²) in [5.74, 6) is 0. The first-order chi connectivity index (χ1) is 14.0. The fourth-order valence-corrected chi connectivity index (χ4v) is 5.40. The smallest absolute Gasteiger partial charge is 0.233 e. The van der Waals surface area contributed by atoms with Gasteiger partial charge in [0, 0.05) is 5.39 Å². The average molecular weight is 404 g/mol. The molecule has 0 unspecified atom stereocenters. The number of fused-ring (bicyclic) bond motifs is 1. The molecule has 4 heteroatoms. The number of hydrogen-bond donors (Lipinski definition) is 0. The second-order valence-electron chi connectivity index (χ2n) is 7.40. The molecule has 0 aliphatic carbocycles. The highest BCUT2D eigenvalue weighted by atomic mass is 32.2. The van der Waals surface area contributed by atoms with Crippen molar-refractivity contribution >= 4 is 20.9 Å². The van der Waals surface area contributed by atoms with E-state index in [0.29, 0.717) is 4.90 Å². The minimum Gasteiger partial charge on any atom is -0.233 e. The Morgan fingerprint density at radius 2 is 1.48 bits per heavy atom. The van der Waals surface area contributed by atoms with Gasteiger partial charge in [-0.3, -0.25) is 0 Å². The van der Waals surface area contributed by atoms with Crippen molar-refractivity contribution < 1.29 is 8.42 Å². The summed E-state index contributed by atoms with van der Waals surface area (Å²) in [5.41, 5.74) is 4.57. The molecule has 0 spiro atoms. The molecule has 29 heavy (non-hydrogen) atoms. The third-order valence-corrected chi connectivity index (χ3v) is 7.05. The number of benzene rings is 3. The molecule has 0 saturated carbocycles. The lowest BCUT2D eigenvalue weighted by molar-refractivity contribution is 0.589. The molecule has 0 atom stereocenters. The van der Waals surface area contributed by atoms with Crippen LogP contribution in [0.25, 0.3) is 22.2 Å². The number of para-hydroxylation sites is 1. The number of aromatic nitrogens is 1. The van der Waals surface area contributed by atoms with E-state index in [1.54, 1.807) is 16.1 Å². The molecule has 0 aliphatic heterocycles. The first-order valence-electron chi connectivity index (χ1n) is 10.0. The van der Waals surface area contributed by atoms with Gasteiger partial charge in [-0.1, -0.05) is 79.6 Å². The fourth-order valence-electron chi connectivity index (χ4n) is 3.84. The van der Waals surface area contributed by atoms with Crippen LogP contribution in [-0.2, 0) is 16.4 Å². The number of nitrogens with zero attached hydrogens (tertiary/aromatic N) is 1. The molecule has 0 saturated heterocycles. The zero-order chi connectivity index (χ0) is 20.4. The summed E-state index contributed by atoms with van der Waals surface area (Å²) in [6.07, 6.45) is 2.91. The van der Waals surface area contributed by atoms with E-state index in [-0.39, 0.29) is 0 Å². The normalized spacial score (nSPS) is 11.8. The summed E-state index contributed by atoms with van der Waals surface area (Å²) in [6.45, 7) is 4.12. The predicted octanol–water partition coefficient (Wildman–Crippen LogP) is 6.20. The zero-order valence-electron chi connectivity index (χ0n) is 16.8. The average Bonchev–Trinajstić information content (AvgIpc) is 3.08. The Hall–Kier alpha value is -2.85. The van der Waals surface area contributed by atoms with Crippen molar-refractivity contribution in [3.05, 3.63) is 90.0 Å². The molecule has 1 heterocycles. The maximum atomic E-state index is 13.8. The van der Waals surface area contributed by atoms with Gasteiger partial charge in [-0.15, -0.1) is 0 Å². The van der Waals surface area contributed by atoms with E-state index in [1.807, 2.05) is 73.7 Å². The van der Waals surface area contributed by atoms with Gasteiger partial charge in [-0.2, -0.15) is 0 Å². The molecule has 0 amide bonds. The topological polar surface area (TPSA) is 39.1 Å². The number of hydrogen-bond acceptors (Lipinski definition) is 2. The molecular formula is C25H25NO2S. The van der Waals surface area contributed by atoms with Crippen molar-refractivity contribution in [3.8, 4) is 11.3 Å². The van der Waals surface area contributed by atoms with Crippen molar-refractivity contribution in [2.75, 3.05) is 0 Å². The molecule has 0 radical (unpaired) electrons. The van der Waals surface area contributed by atoms with E-state index < -0.39 is 10.0 Å². The van der Waals surface area contributed by atoms with Crippen LogP contribution in [0.1, 0.15) is 30.9 Å². The van der Waals surface area contributed by atoms with Crippen LogP contribution < -0.4 is 0 Å². The third-order valence-electron chi connectivity index (χ3n) is 5.32. The van der Waals surface area contributed by atoms with Crippen molar-refractivity contribution in [1.29, 1.82) is 0 Å². The molecule has 4 aromatic rings. The molecule has 1 aromatic heterocycles. The molecule has 148 valence electrons. The van der Waals surface area contributed by atoms with Crippen LogP contribution >= 0.6 is 0 Å². The highest BCUT2D eigenvalue weighted by Crippen LogP contribution is 2.37. The Kier molecular flexibility index (Phi) is 5.29. The van der Waals surface area contributed by atoms with Crippen LogP contribution in [0, 0.1) is 6.92 Å². The lowest BCUT2D eigenvalue weighted by Crippen LogP contribution is -2.14. The van der Waals surface area contributed by atoms with Gasteiger partial charge in [0.1, 0.15) is 0 Å². The Labute approximate surface area is 172 Å². The Morgan fingerprint density at radius 1 is 0.828 bits per heavy atom. The van der Waals surface area contributed by atoms with Gasteiger partial charge in [-0.25, -0.2) is 12.4 Å². The molecule has 3 aromatic carbocycles. The van der Waals surface area contributed by atoms with Gasteiger partial charge in [-0.05, 0) is 49.1 Å². The second kappa shape index (κ2) is 7.88. The predicted molar refractivity (Wildman–Crippen MR) is 120 cm³/mol. The molecule has 0 N–H and O–H groups in total. The summed E-state index contributed by atoms with van der Waals surface area (Å²) in [4.78, 5) is 0.308. The largest absolute Gasteiger partial charge is 0.268 e. The maximum Gasteiger partial charge on any atom is 0.268 e. The number of aryl methyl sites for hydroxylation is 2. The summed E-state index contributed by atoms with van der Waals surface area (Å²) >= 11 is 0. The van der Waals surface area contributed by atoms with E-state index in [2.05, 4.69) is 6.92 Å². The van der Waals surface area contributed by atoms with E-state index in [9.17, 15) is 8.42 Å². The van der Waals surface area contributed by atoms with Crippen molar-refractivity contribution in [1.82, 2.24) is 3.97 Å². The first-order valence-corrected chi connectivity index (χ1v) is 11.5. The Bertz CT molecular complexity index is 1240. The quantitative estimate of drug-likeness (QED) is 0.385. The maximum absolute atomic E-state index is 13.8. The van der Waals surface area contributed by atoms with Crippen LogP contribution in [0.3, 0.4) is 0 Å². The fraction of sp³-hybridized carbons (Fsp3) is 0.200. The zero-order valence-corrected chi connectivity index (χ0v) is 17.6. The van der Waals surface area contributed by atoms with E-state index >= 15 is 0 Å². The van der Waals surface area contributed by atoms with Gasteiger partial charge < -0.3 is 0 Å². The lowest BCUT2D eigenvalue weighted by Gasteiger charge is -2.14. The summed E-state index contributed by atoms with van der Waals surface area (Å²) in [5, 5.41) is 1.01. The van der Waals surface area contributed by atoms with Crippen LogP contribution in [0.15, 0.2) is 83.8 Å². The minimum absolute atomic E-state index is 0.308. The van der Waals surface area contributed by atoms with Crippen molar-refractivity contribution in [2.24, 2.45) is 0 Å². The van der Waals surface area contributed by atoms with E-state index in [0.717, 1.165) is 52.5 Å². The minimum atomic E-state index is -3.75. The highest BCUT2D eigenvalue weighted by Gasteiger charge is 2.27. The van der Waals surface area contributed by atoms with Crippen LogP contribution in [-0.4, -0.2) is 12.4 Å². The van der Waals surface area contributed by atoms with Crippen molar-refractivity contribution in [2.45, 2.75) is 38.0 Å². The van der Waals surface area contributed by atoms with Gasteiger partial charge in [0.2, 0.25) is 0 Å². The monoisotopic (exact) mass is 403 g/mol. The van der Waals surface area contributed by atoms with E-state index in [4.69, 9.17) is 0 Å². The highest BCUT2D eigenvalue weighted by molar-refractivity contribution is 7.90. The summed E-state index contributed by atoms with van der Waals surface area (Å²) in [6, 6.07) is 24.8. The Balaban J connectivity index is 2.09. The first kappa shape index (κ1) is 19.5. The van der Waals surface area contributed by atoms with Gasteiger partial charge in [0.15, 0.2) is 0 Å². The second-order valence-corrected chi connectivity index (χ2v) is 9.18. The molecular weight excluding hydrogens is 378 g/mol. The lowest BCUT2D eigenvalue weighted by atomic mass is 10.0. The van der Waals surface area contributed by atoms with Crippen molar-refractivity contribution in [3.63, 3.8) is 0 Å². The number of unbranched alkanes of at least 4 members (excludes halogenated alkanes) is 1. The molecule has 0 bridgehead atoms. The van der Waals surface area contributed by atoms with Crippen LogP contribution in [0.5, 0.6) is 0 Å². The molecule has 0 aliphatic rings. The van der Waals surface area contributed by atoms with E-state index in [1.165, 1.54) is 0 Å². The molecule has 0 fully saturated rings. The standard InChI is InChI=1S/C25H25NO2S/c1-3-4-12-23-22-13-8-9-14-24(22)26(25(23)20-10-6-5-7-11-20)29(27,28)21-17-15-19(2)16-18-21/h5-11,13-18H,3-4,12H2,1-2H3. The SMILES string of the molecule is CCCCc1c(-c2ccccc2)n(S(=O)(=O)c2ccc(C)cc2)c2ccccc12. The molecule has 3 nitrogen and oxygen atoms in total. The Morgan fingerprint density at radius 3 is 2.17 bits per heavy atom. The van der Waals surface area contributed by atoms with Crippen LogP contribution in [0.2, 0.25) is 0 Å². The van der Waals surface area contributed by atoms with Gasteiger partial charge in [0.05, 0.1) is 16.1 Å². The molecule has 4 rings (SSSR count). The summed E-state index contributed by atoms with van der Waals surface area (Å²) < 4.78 is 29.2. The van der Waals surface area contributed by atoms with Gasteiger partial charge in [0.25, 0.3) is 10.0 Å². The third kappa shape index (κ3) is 3.49.